The molecule has 0 spiro atoms. The van der Waals surface area contributed by atoms with E-state index in [4.69, 9.17) is 7.53 Å². The van der Waals surface area contributed by atoms with Crippen LogP contribution in [0, 0.1) is 6.92 Å². The first-order valence-electron chi connectivity index (χ1n) is 2.58. The fraction of sp³-hybridized carbons (Fsp3) is 0.800. The Balaban J connectivity index is 3.58. The van der Waals surface area contributed by atoms with Crippen molar-refractivity contribution in [2.45, 2.75) is 11.0 Å². The second kappa shape index (κ2) is 3.48. The molecule has 2 nitrogen and oxygen atoms in total. The minimum absolute atomic E-state index is 0.812. The van der Waals surface area contributed by atoms with E-state index in [1.54, 1.807) is 14.2 Å². The van der Waals surface area contributed by atoms with E-state index in [0.717, 1.165) is 5.25 Å². The van der Waals surface area contributed by atoms with Crippen LogP contribution in [0.3, 0.4) is 0 Å². The number of hydrogen-bond donors (Lipinski definition) is 0. The van der Waals surface area contributed by atoms with E-state index in [1.165, 1.54) is 0 Å². The van der Waals surface area contributed by atoms with E-state index in [9.17, 15) is 0 Å². The van der Waals surface area contributed by atoms with E-state index in [1.807, 2.05) is 5.76 Å². The number of hydrogen-bond acceptors (Lipinski definition) is 2. The van der Waals surface area contributed by atoms with E-state index >= 15 is 0 Å². The summed E-state index contributed by atoms with van der Waals surface area (Å²) in [7, 11) is 3.38. The molecule has 0 aliphatic heterocycles. The van der Waals surface area contributed by atoms with Crippen molar-refractivity contribution in [2.24, 2.45) is 0 Å². The van der Waals surface area contributed by atoms with Gasteiger partial charge in [0.1, 0.15) is 0 Å². The molecule has 0 saturated carbocycles. The Morgan fingerprint density at radius 1 is 1.38 bits per heavy atom. The molecule has 8 heavy (non-hydrogen) atoms. The fourth-order valence-electron chi connectivity index (χ4n) is 0.287. The Bertz CT molecular complexity index is 53.2. The summed E-state index contributed by atoms with van der Waals surface area (Å²) in [6, 6.07) is 0. The molecule has 0 aromatic carbocycles. The van der Waals surface area contributed by atoms with Gasteiger partial charge >= 0.3 is 53.6 Å². The molecular formula is C5H13GeO2. The normalized spacial score (nSPS) is 12.0. The van der Waals surface area contributed by atoms with Crippen LogP contribution < -0.4 is 0 Å². The van der Waals surface area contributed by atoms with Crippen molar-refractivity contribution in [3.8, 4) is 0 Å². The Kier molecular flexibility index (Phi) is 3.68. The van der Waals surface area contributed by atoms with Crippen LogP contribution in [-0.4, -0.2) is 28.2 Å². The van der Waals surface area contributed by atoms with Gasteiger partial charge in [0.2, 0.25) is 0 Å². The van der Waals surface area contributed by atoms with E-state index in [0.29, 0.717) is 0 Å². The molecule has 49 valence electrons. The molecule has 0 saturated heterocycles. The summed E-state index contributed by atoms with van der Waals surface area (Å²) in [6.45, 7) is 3.73. The van der Waals surface area contributed by atoms with Crippen LogP contribution in [0.15, 0.2) is 0 Å². The minimum atomic E-state index is -2.24. The van der Waals surface area contributed by atoms with Gasteiger partial charge in [-0.3, -0.25) is 0 Å². The zero-order valence-corrected chi connectivity index (χ0v) is 7.83. The molecule has 0 aromatic rings. The summed E-state index contributed by atoms with van der Waals surface area (Å²) >= 11 is -2.24. The maximum atomic E-state index is 5.14. The van der Waals surface area contributed by atoms with Crippen molar-refractivity contribution in [1.82, 2.24) is 0 Å². The van der Waals surface area contributed by atoms with Crippen LogP contribution in [0.5, 0.6) is 0 Å². The van der Waals surface area contributed by atoms with Crippen LogP contribution in [-0.2, 0) is 7.53 Å². The van der Waals surface area contributed by atoms with E-state index in [2.05, 4.69) is 6.92 Å². The van der Waals surface area contributed by atoms with Gasteiger partial charge < -0.3 is 0 Å². The van der Waals surface area contributed by atoms with Gasteiger partial charge in [0, 0.05) is 0 Å². The molecule has 0 atom stereocenters. The molecule has 0 fully saturated rings. The Morgan fingerprint density at radius 2 is 1.75 bits per heavy atom. The Morgan fingerprint density at radius 3 is 1.75 bits per heavy atom. The van der Waals surface area contributed by atoms with Gasteiger partial charge in [0.15, 0.2) is 0 Å². The molecule has 0 amide bonds. The molecule has 0 heterocycles. The molecule has 0 N–H and O–H groups in total. The topological polar surface area (TPSA) is 18.5 Å². The van der Waals surface area contributed by atoms with Crippen molar-refractivity contribution >= 4 is 13.9 Å². The van der Waals surface area contributed by atoms with Crippen molar-refractivity contribution in [2.75, 3.05) is 14.2 Å². The standard InChI is InChI=1S/C5H13GeO2/c1-5-6(2,7-3)8-4/h1,5H2,2-4H3. The van der Waals surface area contributed by atoms with Gasteiger partial charge in [-0.2, -0.15) is 0 Å². The summed E-state index contributed by atoms with van der Waals surface area (Å²) in [5, 5.41) is 0.812. The monoisotopic (exact) mass is 179 g/mol. The molecule has 0 rings (SSSR count). The van der Waals surface area contributed by atoms with Crippen molar-refractivity contribution in [1.29, 1.82) is 0 Å². The summed E-state index contributed by atoms with van der Waals surface area (Å²) < 4.78 is 10.3. The van der Waals surface area contributed by atoms with Crippen molar-refractivity contribution in [3.63, 3.8) is 0 Å². The van der Waals surface area contributed by atoms with Gasteiger partial charge in [-0.15, -0.1) is 0 Å². The van der Waals surface area contributed by atoms with Crippen molar-refractivity contribution < 1.29 is 7.53 Å². The third-order valence-corrected chi connectivity index (χ3v) is 6.85. The third-order valence-electron chi connectivity index (χ3n) is 1.32. The molecule has 0 bridgehead atoms. The SMILES string of the molecule is [CH2][CH2][Ge]([CH3])([O]C)[O]C. The second-order valence-electron chi connectivity index (χ2n) is 1.79. The van der Waals surface area contributed by atoms with Crippen LogP contribution in [0.1, 0.15) is 0 Å². The molecule has 0 aromatic heterocycles. The zero-order chi connectivity index (χ0) is 6.62. The van der Waals surface area contributed by atoms with Gasteiger partial charge in [-0.25, -0.2) is 0 Å². The summed E-state index contributed by atoms with van der Waals surface area (Å²) in [4.78, 5) is 0. The van der Waals surface area contributed by atoms with Gasteiger partial charge in [0.05, 0.1) is 0 Å². The molecule has 3 heteroatoms. The van der Waals surface area contributed by atoms with E-state index < -0.39 is 13.9 Å². The van der Waals surface area contributed by atoms with Crippen molar-refractivity contribution in [3.05, 3.63) is 6.92 Å². The molecule has 0 aliphatic carbocycles. The molecule has 0 unspecified atom stereocenters. The zero-order valence-electron chi connectivity index (χ0n) is 5.73. The van der Waals surface area contributed by atoms with Gasteiger partial charge in [-0.1, -0.05) is 0 Å². The number of rotatable bonds is 3. The van der Waals surface area contributed by atoms with Gasteiger partial charge in [-0.05, 0) is 0 Å². The molecule has 0 aliphatic rings. The van der Waals surface area contributed by atoms with Crippen LogP contribution >= 0.6 is 0 Å². The fourth-order valence-corrected chi connectivity index (χ4v) is 1.49. The first-order valence-corrected chi connectivity index (χ1v) is 7.87. The Labute approximate surface area is 54.2 Å². The van der Waals surface area contributed by atoms with E-state index in [-0.39, 0.29) is 0 Å². The average Bonchev–Trinajstić information content (AvgIpc) is 1.87. The molecular weight excluding hydrogens is 165 g/mol. The summed E-state index contributed by atoms with van der Waals surface area (Å²) in [5.41, 5.74) is 0. The van der Waals surface area contributed by atoms with Crippen LogP contribution in [0.25, 0.3) is 0 Å². The third kappa shape index (κ3) is 2.15. The predicted molar refractivity (Wildman–Crippen MR) is 35.8 cm³/mol. The summed E-state index contributed by atoms with van der Waals surface area (Å²) in [5.74, 6) is 2.03. The second-order valence-corrected chi connectivity index (χ2v) is 9.31. The molecule has 1 radical (unpaired) electrons. The van der Waals surface area contributed by atoms with Gasteiger partial charge in [0.25, 0.3) is 0 Å². The summed E-state index contributed by atoms with van der Waals surface area (Å²) in [6.07, 6.45) is 0. The average molecular weight is 178 g/mol. The maximum absolute atomic E-state index is 5.14. The predicted octanol–water partition coefficient (Wildman–Crippen LogP) is 1.19. The first-order chi connectivity index (χ1) is 3.68. The quantitative estimate of drug-likeness (QED) is 0.604. The van der Waals surface area contributed by atoms with Crippen LogP contribution in [0.4, 0.5) is 0 Å². The Hall–Kier alpha value is 0.463. The first kappa shape index (κ1) is 8.46. The van der Waals surface area contributed by atoms with Crippen LogP contribution in [0.2, 0.25) is 11.0 Å².